The molecule has 6 nitrogen and oxygen atoms in total. The Labute approximate surface area is 110 Å². The Morgan fingerprint density at radius 3 is 3.05 bits per heavy atom. The van der Waals surface area contributed by atoms with Crippen LogP contribution in [-0.4, -0.2) is 32.7 Å². The van der Waals surface area contributed by atoms with Gasteiger partial charge in [0.1, 0.15) is 5.75 Å². The van der Waals surface area contributed by atoms with Crippen molar-refractivity contribution in [2.24, 2.45) is 0 Å². The number of carboxylic acid groups (broad SMARTS) is 1. The molecule has 0 aliphatic carbocycles. The summed E-state index contributed by atoms with van der Waals surface area (Å²) in [5.41, 5.74) is 1.49. The number of carboxylic acids is 1. The maximum Gasteiger partial charge on any atom is 0.303 e. The van der Waals surface area contributed by atoms with E-state index in [9.17, 15) is 4.79 Å². The van der Waals surface area contributed by atoms with Crippen LogP contribution < -0.4 is 4.74 Å². The van der Waals surface area contributed by atoms with Gasteiger partial charge in [-0.05, 0) is 19.1 Å². The van der Waals surface area contributed by atoms with Crippen molar-refractivity contribution in [2.45, 2.75) is 19.8 Å². The van der Waals surface area contributed by atoms with Crippen LogP contribution in [0.5, 0.6) is 5.75 Å². The SMILES string of the molecule is CCOc1cccc(-n2cc(CCC(=O)O)nn2)c1. The number of rotatable bonds is 6. The first-order chi connectivity index (χ1) is 9.19. The largest absolute Gasteiger partial charge is 0.494 e. The zero-order valence-corrected chi connectivity index (χ0v) is 10.6. The third-order valence-electron chi connectivity index (χ3n) is 2.53. The molecule has 1 heterocycles. The Morgan fingerprint density at radius 2 is 2.32 bits per heavy atom. The van der Waals surface area contributed by atoms with Crippen molar-refractivity contribution in [1.82, 2.24) is 15.0 Å². The van der Waals surface area contributed by atoms with Crippen LogP contribution in [0, 0.1) is 0 Å². The molecular weight excluding hydrogens is 246 g/mol. The van der Waals surface area contributed by atoms with Gasteiger partial charge in [-0.3, -0.25) is 4.79 Å². The summed E-state index contributed by atoms with van der Waals surface area (Å²) in [6.07, 6.45) is 2.16. The fourth-order valence-corrected chi connectivity index (χ4v) is 1.66. The molecule has 0 amide bonds. The second-order valence-corrected chi connectivity index (χ2v) is 3.98. The number of ether oxygens (including phenoxy) is 1. The first-order valence-electron chi connectivity index (χ1n) is 6.05. The van der Waals surface area contributed by atoms with E-state index in [0.717, 1.165) is 11.4 Å². The summed E-state index contributed by atoms with van der Waals surface area (Å²) >= 11 is 0. The fraction of sp³-hybridized carbons (Fsp3) is 0.308. The average Bonchev–Trinajstić information content (AvgIpc) is 2.86. The molecule has 0 saturated heterocycles. The number of aryl methyl sites for hydroxylation is 1. The van der Waals surface area contributed by atoms with Crippen molar-refractivity contribution < 1.29 is 14.6 Å². The van der Waals surface area contributed by atoms with Crippen molar-refractivity contribution in [1.29, 1.82) is 0 Å². The summed E-state index contributed by atoms with van der Waals surface area (Å²) in [7, 11) is 0. The topological polar surface area (TPSA) is 77.2 Å². The minimum Gasteiger partial charge on any atom is -0.494 e. The molecule has 19 heavy (non-hydrogen) atoms. The highest BCUT2D eigenvalue weighted by atomic mass is 16.5. The number of aromatic nitrogens is 3. The fourth-order valence-electron chi connectivity index (χ4n) is 1.66. The maximum absolute atomic E-state index is 10.5. The summed E-state index contributed by atoms with van der Waals surface area (Å²) in [6, 6.07) is 7.49. The van der Waals surface area contributed by atoms with Gasteiger partial charge in [0.25, 0.3) is 0 Å². The van der Waals surface area contributed by atoms with Crippen LogP contribution in [0.4, 0.5) is 0 Å². The van der Waals surface area contributed by atoms with Crippen LogP contribution in [0.2, 0.25) is 0 Å². The lowest BCUT2D eigenvalue weighted by atomic mass is 10.2. The molecule has 0 bridgehead atoms. The van der Waals surface area contributed by atoms with Crippen LogP contribution in [-0.2, 0) is 11.2 Å². The van der Waals surface area contributed by atoms with Crippen molar-refractivity contribution in [2.75, 3.05) is 6.61 Å². The third-order valence-corrected chi connectivity index (χ3v) is 2.53. The smallest absolute Gasteiger partial charge is 0.303 e. The molecule has 1 N–H and O–H groups in total. The van der Waals surface area contributed by atoms with Crippen molar-refractivity contribution in [3.63, 3.8) is 0 Å². The van der Waals surface area contributed by atoms with E-state index in [0.29, 0.717) is 18.7 Å². The van der Waals surface area contributed by atoms with Crippen LogP contribution in [0.15, 0.2) is 30.5 Å². The van der Waals surface area contributed by atoms with E-state index in [4.69, 9.17) is 9.84 Å². The Hall–Kier alpha value is -2.37. The molecule has 2 rings (SSSR count). The van der Waals surface area contributed by atoms with Crippen LogP contribution in [0.25, 0.3) is 5.69 Å². The van der Waals surface area contributed by atoms with Crippen LogP contribution >= 0.6 is 0 Å². The predicted molar refractivity (Wildman–Crippen MR) is 68.5 cm³/mol. The highest BCUT2D eigenvalue weighted by Gasteiger charge is 2.06. The first kappa shape index (κ1) is 13.1. The van der Waals surface area contributed by atoms with Crippen molar-refractivity contribution in [3.05, 3.63) is 36.2 Å². The second-order valence-electron chi connectivity index (χ2n) is 3.98. The maximum atomic E-state index is 10.5. The van der Waals surface area contributed by atoms with Crippen LogP contribution in [0.1, 0.15) is 19.0 Å². The zero-order valence-electron chi connectivity index (χ0n) is 10.6. The highest BCUT2D eigenvalue weighted by Crippen LogP contribution is 2.16. The number of hydrogen-bond acceptors (Lipinski definition) is 4. The number of aliphatic carboxylic acids is 1. The van der Waals surface area contributed by atoms with Crippen molar-refractivity contribution in [3.8, 4) is 11.4 Å². The van der Waals surface area contributed by atoms with E-state index in [2.05, 4.69) is 10.3 Å². The van der Waals surface area contributed by atoms with Crippen LogP contribution in [0.3, 0.4) is 0 Å². The number of hydrogen-bond donors (Lipinski definition) is 1. The predicted octanol–water partition coefficient (Wildman–Crippen LogP) is 1.68. The monoisotopic (exact) mass is 261 g/mol. The van der Waals surface area contributed by atoms with Gasteiger partial charge < -0.3 is 9.84 Å². The molecule has 0 aliphatic heterocycles. The average molecular weight is 261 g/mol. The first-order valence-corrected chi connectivity index (χ1v) is 6.05. The van der Waals surface area contributed by atoms with Gasteiger partial charge in [0.15, 0.2) is 0 Å². The molecule has 0 aliphatic rings. The molecule has 1 aromatic carbocycles. The number of benzene rings is 1. The van der Waals surface area contributed by atoms with Gasteiger partial charge in [-0.25, -0.2) is 4.68 Å². The quantitative estimate of drug-likeness (QED) is 0.856. The molecule has 2 aromatic rings. The van der Waals surface area contributed by atoms with Gasteiger partial charge in [0.2, 0.25) is 0 Å². The molecule has 0 unspecified atom stereocenters. The molecule has 100 valence electrons. The van der Waals surface area contributed by atoms with E-state index >= 15 is 0 Å². The second kappa shape index (κ2) is 5.99. The summed E-state index contributed by atoms with van der Waals surface area (Å²) in [6.45, 7) is 2.52. The minimum absolute atomic E-state index is 0.0533. The van der Waals surface area contributed by atoms with E-state index in [1.807, 2.05) is 31.2 Å². The zero-order chi connectivity index (χ0) is 13.7. The van der Waals surface area contributed by atoms with Gasteiger partial charge in [-0.1, -0.05) is 11.3 Å². The highest BCUT2D eigenvalue weighted by molar-refractivity contribution is 5.66. The lowest BCUT2D eigenvalue weighted by molar-refractivity contribution is -0.136. The summed E-state index contributed by atoms with van der Waals surface area (Å²) in [5, 5.41) is 16.6. The molecule has 0 spiro atoms. The van der Waals surface area contributed by atoms with Gasteiger partial charge >= 0.3 is 5.97 Å². The minimum atomic E-state index is -0.840. The van der Waals surface area contributed by atoms with Gasteiger partial charge in [0, 0.05) is 12.5 Å². The lowest BCUT2D eigenvalue weighted by Gasteiger charge is -2.05. The summed E-state index contributed by atoms with van der Waals surface area (Å²) < 4.78 is 7.03. The van der Waals surface area contributed by atoms with Gasteiger partial charge in [-0.15, -0.1) is 5.10 Å². The van der Waals surface area contributed by atoms with Gasteiger partial charge in [-0.2, -0.15) is 0 Å². The molecule has 0 saturated carbocycles. The Bertz CT molecular complexity index is 566. The molecular formula is C13H15N3O3. The molecule has 0 atom stereocenters. The Kier molecular flexibility index (Phi) is 4.12. The van der Waals surface area contributed by atoms with E-state index in [-0.39, 0.29) is 6.42 Å². The molecule has 0 radical (unpaired) electrons. The molecule has 0 fully saturated rings. The van der Waals surface area contributed by atoms with Crippen molar-refractivity contribution >= 4 is 5.97 Å². The molecule has 1 aromatic heterocycles. The van der Waals surface area contributed by atoms with E-state index in [1.165, 1.54) is 0 Å². The Balaban J connectivity index is 2.13. The third kappa shape index (κ3) is 3.54. The number of nitrogens with zero attached hydrogens (tertiary/aromatic N) is 3. The lowest BCUT2D eigenvalue weighted by Crippen LogP contribution is -1.97. The molecule has 6 heteroatoms. The normalized spacial score (nSPS) is 10.4. The van der Waals surface area contributed by atoms with Gasteiger partial charge in [0.05, 0.1) is 30.6 Å². The number of carbonyl (C=O) groups is 1. The standard InChI is InChI=1S/C13H15N3O3/c1-2-19-12-5-3-4-11(8-12)16-9-10(14-15-16)6-7-13(17)18/h3-5,8-9H,2,6-7H2,1H3,(H,17,18). The van der Waals surface area contributed by atoms with E-state index in [1.54, 1.807) is 10.9 Å². The Morgan fingerprint density at radius 1 is 1.47 bits per heavy atom. The summed E-state index contributed by atoms with van der Waals surface area (Å²) in [5.74, 6) is -0.0736. The summed E-state index contributed by atoms with van der Waals surface area (Å²) in [4.78, 5) is 10.5. The van der Waals surface area contributed by atoms with E-state index < -0.39 is 5.97 Å².